The van der Waals surface area contributed by atoms with E-state index in [-0.39, 0.29) is 0 Å². The van der Waals surface area contributed by atoms with Crippen LogP contribution in [0.5, 0.6) is 0 Å². The Morgan fingerprint density at radius 1 is 0.714 bits per heavy atom. The molecule has 0 aromatic heterocycles. The molecule has 1 rings (SSSR count). The maximum atomic E-state index is 3.40. The second-order valence-electron chi connectivity index (χ2n) is 3.41. The molecule has 0 amide bonds. The van der Waals surface area contributed by atoms with E-state index in [4.69, 9.17) is 0 Å². The summed E-state index contributed by atoms with van der Waals surface area (Å²) in [4.78, 5) is 0. The minimum Gasteiger partial charge on any atom is -0.315 e. The van der Waals surface area contributed by atoms with Crippen molar-refractivity contribution in [1.82, 2.24) is 21.3 Å². The number of nitrogens with one attached hydrogen (secondary N) is 4. The van der Waals surface area contributed by atoms with E-state index in [1.807, 2.05) is 0 Å². The molecule has 1 fully saturated rings. The van der Waals surface area contributed by atoms with E-state index in [1.165, 1.54) is 6.42 Å². The van der Waals surface area contributed by atoms with E-state index in [2.05, 4.69) is 34.4 Å². The van der Waals surface area contributed by atoms with E-state index in [0.29, 0.717) is 0 Å². The van der Waals surface area contributed by atoms with Gasteiger partial charge in [-0.1, -0.05) is 0 Å². The molecular weight excluding hydrogens is 176 g/mol. The minimum absolute atomic E-state index is 0.910. The lowest BCUT2D eigenvalue weighted by molar-refractivity contribution is 0.569. The number of rotatable bonds is 0. The maximum absolute atomic E-state index is 3.40. The summed E-state index contributed by atoms with van der Waals surface area (Å²) in [5, 5.41) is 13.3. The molecule has 0 spiro atoms. The number of hydrogen-bond acceptors (Lipinski definition) is 4. The van der Waals surface area contributed by atoms with Gasteiger partial charge in [0.1, 0.15) is 0 Å². The second-order valence-corrected chi connectivity index (χ2v) is 3.41. The first kappa shape index (κ1) is 11.9. The van der Waals surface area contributed by atoms with Crippen molar-refractivity contribution in [1.29, 1.82) is 0 Å². The van der Waals surface area contributed by atoms with Crippen LogP contribution in [-0.2, 0) is 0 Å². The summed E-state index contributed by atoms with van der Waals surface area (Å²) in [5.41, 5.74) is 0. The van der Waals surface area contributed by atoms with Crippen molar-refractivity contribution in [2.75, 3.05) is 39.3 Å². The molecule has 0 atom stereocenters. The maximum Gasteiger partial charge on any atom is 0.0359 e. The highest BCUT2D eigenvalue weighted by Gasteiger charge is 1.93. The van der Waals surface area contributed by atoms with Gasteiger partial charge in [-0.25, -0.2) is 0 Å². The van der Waals surface area contributed by atoms with Gasteiger partial charge in [-0.15, -0.1) is 0 Å². The van der Waals surface area contributed by atoms with Crippen molar-refractivity contribution in [2.45, 2.75) is 12.8 Å². The molecule has 0 unspecified atom stereocenters. The fraction of sp³-hybridized carbons (Fsp3) is 0.800. The molecule has 2 radical (unpaired) electrons. The zero-order chi connectivity index (χ0) is 9.90. The molecular formula is C10H22N4. The highest BCUT2D eigenvalue weighted by Crippen LogP contribution is 1.81. The summed E-state index contributed by atoms with van der Waals surface area (Å²) in [5.74, 6) is 0. The van der Waals surface area contributed by atoms with Gasteiger partial charge in [0.25, 0.3) is 0 Å². The molecule has 1 saturated heterocycles. The largest absolute Gasteiger partial charge is 0.315 e. The van der Waals surface area contributed by atoms with E-state index in [9.17, 15) is 0 Å². The van der Waals surface area contributed by atoms with Crippen molar-refractivity contribution < 1.29 is 0 Å². The molecule has 1 aliphatic rings. The molecule has 1 aliphatic heterocycles. The lowest BCUT2D eigenvalue weighted by Crippen LogP contribution is -2.31. The average molecular weight is 198 g/mol. The van der Waals surface area contributed by atoms with Gasteiger partial charge in [-0.3, -0.25) is 0 Å². The zero-order valence-electron chi connectivity index (χ0n) is 8.81. The van der Waals surface area contributed by atoms with Crippen LogP contribution in [-0.4, -0.2) is 39.3 Å². The molecule has 4 N–H and O–H groups in total. The van der Waals surface area contributed by atoms with Crippen LogP contribution in [0.4, 0.5) is 0 Å². The quantitative estimate of drug-likeness (QED) is 0.422. The summed E-state index contributed by atoms with van der Waals surface area (Å²) in [7, 11) is 0. The normalized spacial score (nSPS) is 24.0. The Kier molecular flexibility index (Phi) is 8.00. The molecule has 0 saturated carbocycles. The van der Waals surface area contributed by atoms with Crippen molar-refractivity contribution in [3.05, 3.63) is 13.1 Å². The van der Waals surface area contributed by atoms with Crippen molar-refractivity contribution in [2.24, 2.45) is 0 Å². The molecule has 1 heterocycles. The SMILES string of the molecule is [CH]1CCNCCNCCCN[CH]CN1. The summed E-state index contributed by atoms with van der Waals surface area (Å²) >= 11 is 0. The molecule has 4 nitrogen and oxygen atoms in total. The summed E-state index contributed by atoms with van der Waals surface area (Å²) in [6, 6.07) is 0. The molecule has 0 aliphatic carbocycles. The van der Waals surface area contributed by atoms with Crippen LogP contribution in [0.1, 0.15) is 12.8 Å². The third-order valence-corrected chi connectivity index (χ3v) is 2.13. The van der Waals surface area contributed by atoms with Gasteiger partial charge in [-0.2, -0.15) is 0 Å². The summed E-state index contributed by atoms with van der Waals surface area (Å²) in [6.45, 7) is 10.4. The van der Waals surface area contributed by atoms with Crippen molar-refractivity contribution >= 4 is 0 Å². The van der Waals surface area contributed by atoms with Crippen LogP contribution < -0.4 is 21.3 Å². The smallest absolute Gasteiger partial charge is 0.0359 e. The Labute approximate surface area is 87.2 Å². The van der Waals surface area contributed by atoms with E-state index < -0.39 is 0 Å². The Hall–Kier alpha value is -0.160. The van der Waals surface area contributed by atoms with Crippen molar-refractivity contribution in [3.8, 4) is 0 Å². The molecule has 0 bridgehead atoms. The molecule has 4 heteroatoms. The van der Waals surface area contributed by atoms with Crippen LogP contribution >= 0.6 is 0 Å². The fourth-order valence-electron chi connectivity index (χ4n) is 1.34. The predicted octanol–water partition coefficient (Wildman–Crippen LogP) is -0.538. The van der Waals surface area contributed by atoms with Crippen LogP contribution in [0.3, 0.4) is 0 Å². The van der Waals surface area contributed by atoms with Gasteiger partial charge >= 0.3 is 0 Å². The van der Waals surface area contributed by atoms with Gasteiger partial charge in [0.15, 0.2) is 0 Å². The Bertz CT molecular complexity index is 65.4. The third-order valence-electron chi connectivity index (χ3n) is 2.13. The van der Waals surface area contributed by atoms with Crippen LogP contribution in [0, 0.1) is 13.1 Å². The molecule has 0 aromatic rings. The molecule has 14 heavy (non-hydrogen) atoms. The second kappa shape index (κ2) is 9.40. The highest BCUT2D eigenvalue weighted by molar-refractivity contribution is 4.71. The third kappa shape index (κ3) is 7.26. The first-order valence-electron chi connectivity index (χ1n) is 5.52. The van der Waals surface area contributed by atoms with E-state index in [0.717, 1.165) is 45.7 Å². The summed E-state index contributed by atoms with van der Waals surface area (Å²) in [6.07, 6.45) is 2.26. The Morgan fingerprint density at radius 3 is 2.50 bits per heavy atom. The Balaban J connectivity index is 2.00. The standard InChI is InChI=1S/C10H22N4/c1-3-11-7-9-13-5-2-6-14-10-8-12-4-1/h3,9,11-14H,1-2,4-8,10H2. The van der Waals surface area contributed by atoms with Crippen molar-refractivity contribution in [3.63, 3.8) is 0 Å². The highest BCUT2D eigenvalue weighted by atomic mass is 15.0. The molecule has 82 valence electrons. The van der Waals surface area contributed by atoms with Gasteiger partial charge < -0.3 is 21.3 Å². The number of hydrogen-bond donors (Lipinski definition) is 4. The van der Waals surface area contributed by atoms with Crippen LogP contribution in [0.2, 0.25) is 0 Å². The van der Waals surface area contributed by atoms with Crippen LogP contribution in [0.25, 0.3) is 0 Å². The van der Waals surface area contributed by atoms with Gasteiger partial charge in [-0.05, 0) is 32.5 Å². The lowest BCUT2D eigenvalue weighted by atomic mass is 10.3. The summed E-state index contributed by atoms with van der Waals surface area (Å²) < 4.78 is 0. The molecule has 0 aromatic carbocycles. The van der Waals surface area contributed by atoms with E-state index >= 15 is 0 Å². The predicted molar refractivity (Wildman–Crippen MR) is 59.6 cm³/mol. The van der Waals surface area contributed by atoms with Gasteiger partial charge in [0.05, 0.1) is 0 Å². The van der Waals surface area contributed by atoms with Gasteiger partial charge in [0.2, 0.25) is 0 Å². The zero-order valence-corrected chi connectivity index (χ0v) is 8.81. The van der Waals surface area contributed by atoms with Gasteiger partial charge in [0, 0.05) is 32.7 Å². The van der Waals surface area contributed by atoms with E-state index in [1.54, 1.807) is 0 Å². The topological polar surface area (TPSA) is 48.1 Å². The monoisotopic (exact) mass is 198 g/mol. The minimum atomic E-state index is 0.910. The first-order valence-corrected chi connectivity index (χ1v) is 5.52. The van der Waals surface area contributed by atoms with Crippen LogP contribution in [0.15, 0.2) is 0 Å². The lowest BCUT2D eigenvalue weighted by Gasteiger charge is -2.09. The Morgan fingerprint density at radius 2 is 1.57 bits per heavy atom. The first-order chi connectivity index (χ1) is 7.00. The average Bonchev–Trinajstić information content (AvgIpc) is 2.22. The fourth-order valence-corrected chi connectivity index (χ4v) is 1.34.